The van der Waals surface area contributed by atoms with E-state index in [0.29, 0.717) is 5.56 Å². The molecule has 0 N–H and O–H groups in total. The van der Waals surface area contributed by atoms with Crippen LogP contribution >= 0.6 is 31.9 Å². The lowest BCUT2D eigenvalue weighted by molar-refractivity contribution is 0.616. The van der Waals surface area contributed by atoms with E-state index in [-0.39, 0.29) is 9.55 Å². The molecule has 1 aromatic carbocycles. The quantitative estimate of drug-likeness (QED) is 0.685. The minimum Gasteiger partial charge on any atom is -0.207 e. The van der Waals surface area contributed by atoms with E-state index in [4.69, 9.17) is 0 Å². The van der Waals surface area contributed by atoms with Crippen molar-refractivity contribution in [3.05, 3.63) is 35.1 Å². The van der Waals surface area contributed by atoms with E-state index >= 15 is 0 Å². The summed E-state index contributed by atoms with van der Waals surface area (Å²) in [5.41, 5.74) is 1.62. The average Bonchev–Trinajstić information content (AvgIpc) is 1.94. The summed E-state index contributed by atoms with van der Waals surface area (Å²) in [6, 6.07) is 5.04. The molecular formula is C8H7Br2F. The lowest BCUT2D eigenvalue weighted by atomic mass is 10.1. The molecule has 0 aliphatic heterocycles. The van der Waals surface area contributed by atoms with Gasteiger partial charge >= 0.3 is 0 Å². The van der Waals surface area contributed by atoms with Gasteiger partial charge in [-0.25, -0.2) is 4.39 Å². The summed E-state index contributed by atoms with van der Waals surface area (Å²) in [4.78, 5) is 0. The highest BCUT2D eigenvalue weighted by molar-refractivity contribution is 9.24. The van der Waals surface area contributed by atoms with Crippen molar-refractivity contribution >= 4 is 31.9 Å². The van der Waals surface area contributed by atoms with Gasteiger partial charge in [0.25, 0.3) is 0 Å². The maximum absolute atomic E-state index is 12.9. The zero-order chi connectivity index (χ0) is 8.43. The summed E-state index contributed by atoms with van der Waals surface area (Å²) in [6.45, 7) is 1.76. The third-order valence-electron chi connectivity index (χ3n) is 1.54. The van der Waals surface area contributed by atoms with E-state index in [1.54, 1.807) is 13.0 Å². The summed E-state index contributed by atoms with van der Waals surface area (Å²) in [7, 11) is 0. The van der Waals surface area contributed by atoms with Crippen molar-refractivity contribution in [2.24, 2.45) is 0 Å². The highest BCUT2D eigenvalue weighted by Gasteiger charge is 2.08. The normalized spacial score (nSPS) is 10.6. The predicted octanol–water partition coefficient (Wildman–Crippen LogP) is 3.92. The van der Waals surface area contributed by atoms with Gasteiger partial charge in [-0.2, -0.15) is 0 Å². The van der Waals surface area contributed by atoms with Crippen molar-refractivity contribution in [3.8, 4) is 0 Å². The van der Waals surface area contributed by atoms with E-state index in [1.807, 2.05) is 6.07 Å². The average molecular weight is 282 g/mol. The molecule has 0 nitrogen and oxygen atoms in total. The van der Waals surface area contributed by atoms with Crippen molar-refractivity contribution in [2.45, 2.75) is 10.7 Å². The van der Waals surface area contributed by atoms with Gasteiger partial charge in [0.05, 0.1) is 3.74 Å². The van der Waals surface area contributed by atoms with Crippen molar-refractivity contribution in [3.63, 3.8) is 0 Å². The Hall–Kier alpha value is 0.110. The first-order valence-corrected chi connectivity index (χ1v) is 4.99. The summed E-state index contributed by atoms with van der Waals surface area (Å²) >= 11 is 6.63. The maximum atomic E-state index is 12.9. The van der Waals surface area contributed by atoms with Crippen LogP contribution in [0.5, 0.6) is 0 Å². The van der Waals surface area contributed by atoms with Crippen molar-refractivity contribution in [1.29, 1.82) is 0 Å². The summed E-state index contributed by atoms with van der Waals surface area (Å²) < 4.78 is 12.9. The number of hydrogen-bond acceptors (Lipinski definition) is 0. The molecule has 0 bridgehead atoms. The van der Waals surface area contributed by atoms with Crippen LogP contribution in [-0.4, -0.2) is 0 Å². The number of halogens is 3. The molecule has 1 aromatic rings. The number of rotatable bonds is 1. The molecule has 0 atom stereocenters. The standard InChI is InChI=1S/C8H7Br2F/c1-5-6(8(9)10)3-2-4-7(5)11/h2-4,8H,1H3. The fraction of sp³-hybridized carbons (Fsp3) is 0.250. The van der Waals surface area contributed by atoms with Crippen LogP contribution in [0.3, 0.4) is 0 Å². The smallest absolute Gasteiger partial charge is 0.126 e. The highest BCUT2D eigenvalue weighted by Crippen LogP contribution is 2.31. The van der Waals surface area contributed by atoms with E-state index < -0.39 is 0 Å². The summed E-state index contributed by atoms with van der Waals surface area (Å²) in [5.74, 6) is -0.161. The summed E-state index contributed by atoms with van der Waals surface area (Å²) in [6.07, 6.45) is 0. The fourth-order valence-electron chi connectivity index (χ4n) is 0.861. The van der Waals surface area contributed by atoms with Crippen LogP contribution < -0.4 is 0 Å². The SMILES string of the molecule is Cc1c(F)cccc1C(Br)Br. The Morgan fingerprint density at radius 1 is 1.36 bits per heavy atom. The molecule has 3 heteroatoms. The van der Waals surface area contributed by atoms with E-state index in [1.165, 1.54) is 6.07 Å². The molecule has 0 heterocycles. The van der Waals surface area contributed by atoms with Crippen LogP contribution in [-0.2, 0) is 0 Å². The molecule has 0 radical (unpaired) electrons. The Labute approximate surface area is 82.1 Å². The minimum atomic E-state index is -0.161. The molecule has 0 amide bonds. The molecule has 60 valence electrons. The molecule has 11 heavy (non-hydrogen) atoms. The van der Waals surface area contributed by atoms with Crippen LogP contribution in [0, 0.1) is 12.7 Å². The zero-order valence-corrected chi connectivity index (χ0v) is 9.12. The predicted molar refractivity (Wildman–Crippen MR) is 51.7 cm³/mol. The van der Waals surface area contributed by atoms with Gasteiger partial charge in [0.1, 0.15) is 5.82 Å². The topological polar surface area (TPSA) is 0 Å². The molecule has 0 unspecified atom stereocenters. The Morgan fingerprint density at radius 3 is 2.45 bits per heavy atom. The number of benzene rings is 1. The molecular weight excluding hydrogens is 275 g/mol. The first-order chi connectivity index (χ1) is 5.13. The fourth-order valence-corrected chi connectivity index (χ4v) is 1.85. The second-order valence-electron chi connectivity index (χ2n) is 2.25. The van der Waals surface area contributed by atoms with Gasteiger partial charge in [-0.15, -0.1) is 0 Å². The Balaban J connectivity index is 3.17. The molecule has 0 aromatic heterocycles. The number of hydrogen-bond donors (Lipinski definition) is 0. The molecule has 0 aliphatic carbocycles. The van der Waals surface area contributed by atoms with Gasteiger partial charge in [-0.05, 0) is 24.1 Å². The van der Waals surface area contributed by atoms with Crippen molar-refractivity contribution in [2.75, 3.05) is 0 Å². The third-order valence-corrected chi connectivity index (χ3v) is 2.53. The largest absolute Gasteiger partial charge is 0.207 e. The minimum absolute atomic E-state index is 0.0331. The lowest BCUT2D eigenvalue weighted by Crippen LogP contribution is -1.89. The second-order valence-corrected chi connectivity index (χ2v) is 5.31. The van der Waals surface area contributed by atoms with Crippen molar-refractivity contribution < 1.29 is 4.39 Å². The highest BCUT2D eigenvalue weighted by atomic mass is 79.9. The molecule has 0 fully saturated rings. The van der Waals surface area contributed by atoms with Gasteiger partial charge in [-0.1, -0.05) is 44.0 Å². The maximum Gasteiger partial charge on any atom is 0.126 e. The molecule has 0 saturated heterocycles. The Kier molecular flexibility index (Phi) is 3.07. The lowest BCUT2D eigenvalue weighted by Gasteiger charge is -2.06. The van der Waals surface area contributed by atoms with Crippen LogP contribution in [0.4, 0.5) is 4.39 Å². The van der Waals surface area contributed by atoms with Gasteiger partial charge in [-0.3, -0.25) is 0 Å². The zero-order valence-electron chi connectivity index (χ0n) is 5.94. The van der Waals surface area contributed by atoms with Gasteiger partial charge in [0.2, 0.25) is 0 Å². The number of alkyl halides is 2. The van der Waals surface area contributed by atoms with Crippen LogP contribution in [0.15, 0.2) is 18.2 Å². The molecule has 0 aliphatic rings. The Morgan fingerprint density at radius 2 is 2.00 bits per heavy atom. The van der Waals surface area contributed by atoms with Crippen LogP contribution in [0.2, 0.25) is 0 Å². The van der Waals surface area contributed by atoms with E-state index in [2.05, 4.69) is 31.9 Å². The van der Waals surface area contributed by atoms with E-state index in [0.717, 1.165) is 5.56 Å². The summed E-state index contributed by atoms with van der Waals surface area (Å²) in [5, 5.41) is 0. The van der Waals surface area contributed by atoms with Crippen LogP contribution in [0.1, 0.15) is 14.9 Å². The third kappa shape index (κ3) is 2.03. The van der Waals surface area contributed by atoms with E-state index in [9.17, 15) is 4.39 Å². The molecule has 0 spiro atoms. The van der Waals surface area contributed by atoms with Crippen LogP contribution in [0.25, 0.3) is 0 Å². The molecule has 0 saturated carbocycles. The first-order valence-electron chi connectivity index (χ1n) is 3.16. The Bertz CT molecular complexity index is 258. The van der Waals surface area contributed by atoms with Gasteiger partial charge in [0.15, 0.2) is 0 Å². The van der Waals surface area contributed by atoms with Crippen molar-refractivity contribution in [1.82, 2.24) is 0 Å². The van der Waals surface area contributed by atoms with Gasteiger partial charge < -0.3 is 0 Å². The monoisotopic (exact) mass is 280 g/mol. The molecule has 1 rings (SSSR count). The first kappa shape index (κ1) is 9.20. The second kappa shape index (κ2) is 3.68. The van der Waals surface area contributed by atoms with Gasteiger partial charge in [0, 0.05) is 0 Å².